The first kappa shape index (κ1) is 8.56. The molecule has 5 heteroatoms. The second-order valence-electron chi connectivity index (χ2n) is 3.03. The summed E-state index contributed by atoms with van der Waals surface area (Å²) in [6.45, 7) is 2.18. The molecule has 1 aromatic heterocycles. The first-order valence-corrected chi connectivity index (χ1v) is 4.67. The van der Waals surface area contributed by atoms with Crippen molar-refractivity contribution in [1.82, 2.24) is 14.5 Å². The van der Waals surface area contributed by atoms with Crippen LogP contribution in [0, 0.1) is 0 Å². The lowest BCUT2D eigenvalue weighted by atomic mass is 10.3. The molecule has 2 rings (SSSR count). The first-order chi connectivity index (χ1) is 6.31. The zero-order valence-electron chi connectivity index (χ0n) is 7.11. The molecule has 13 heavy (non-hydrogen) atoms. The van der Waals surface area contributed by atoms with Crippen molar-refractivity contribution < 1.29 is 4.79 Å². The molecule has 0 atom stereocenters. The van der Waals surface area contributed by atoms with E-state index in [4.69, 9.17) is 11.6 Å². The Hall–Kier alpha value is -1.03. The average Bonchev–Trinajstić information content (AvgIpc) is 2.63. The number of hydrogen-bond acceptors (Lipinski definition) is 2. The van der Waals surface area contributed by atoms with Crippen LogP contribution in [0.15, 0.2) is 12.5 Å². The van der Waals surface area contributed by atoms with Crippen molar-refractivity contribution >= 4 is 17.5 Å². The number of carbonyl (C=O) groups is 1. The number of fused-ring (bicyclic) bond motifs is 1. The SMILES string of the molecule is O=C(CCl)N1CCn2cncc2C1. The van der Waals surface area contributed by atoms with Crippen LogP contribution in [-0.4, -0.2) is 32.8 Å². The lowest BCUT2D eigenvalue weighted by molar-refractivity contribution is -0.129. The molecule has 0 saturated carbocycles. The van der Waals surface area contributed by atoms with E-state index in [1.165, 1.54) is 0 Å². The third-order valence-electron chi connectivity index (χ3n) is 2.23. The number of hydrogen-bond donors (Lipinski definition) is 0. The lowest BCUT2D eigenvalue weighted by Gasteiger charge is -2.27. The van der Waals surface area contributed by atoms with Crippen LogP contribution in [0.4, 0.5) is 0 Å². The summed E-state index contributed by atoms with van der Waals surface area (Å²) in [6.07, 6.45) is 3.57. The van der Waals surface area contributed by atoms with Crippen LogP contribution in [0.1, 0.15) is 5.69 Å². The Bertz CT molecular complexity index is 323. The molecule has 0 aliphatic carbocycles. The summed E-state index contributed by atoms with van der Waals surface area (Å²) in [5.41, 5.74) is 1.07. The molecule has 70 valence electrons. The molecule has 0 unspecified atom stereocenters. The predicted octanol–water partition coefficient (Wildman–Crippen LogP) is 0.464. The number of amides is 1. The molecule has 2 heterocycles. The summed E-state index contributed by atoms with van der Waals surface area (Å²) >= 11 is 5.47. The number of alkyl halides is 1. The fourth-order valence-electron chi connectivity index (χ4n) is 1.48. The lowest BCUT2D eigenvalue weighted by Crippen LogP contribution is -2.38. The first-order valence-electron chi connectivity index (χ1n) is 4.14. The molecular weight excluding hydrogens is 190 g/mol. The van der Waals surface area contributed by atoms with Crippen molar-refractivity contribution in [3.8, 4) is 0 Å². The quantitative estimate of drug-likeness (QED) is 0.617. The highest BCUT2D eigenvalue weighted by Gasteiger charge is 2.19. The van der Waals surface area contributed by atoms with Gasteiger partial charge in [0, 0.05) is 19.3 Å². The van der Waals surface area contributed by atoms with E-state index in [-0.39, 0.29) is 11.8 Å². The number of carbonyl (C=O) groups excluding carboxylic acids is 1. The van der Waals surface area contributed by atoms with Gasteiger partial charge in [0.05, 0.1) is 18.6 Å². The summed E-state index contributed by atoms with van der Waals surface area (Å²) in [5, 5.41) is 0. The van der Waals surface area contributed by atoms with Crippen molar-refractivity contribution in [2.45, 2.75) is 13.1 Å². The summed E-state index contributed by atoms with van der Waals surface area (Å²) in [4.78, 5) is 17.0. The van der Waals surface area contributed by atoms with Gasteiger partial charge in [0.2, 0.25) is 5.91 Å². The molecule has 0 fully saturated rings. The van der Waals surface area contributed by atoms with Gasteiger partial charge in [-0.3, -0.25) is 4.79 Å². The molecule has 1 aliphatic heterocycles. The average molecular weight is 200 g/mol. The Morgan fingerprint density at radius 3 is 3.23 bits per heavy atom. The normalized spacial score (nSPS) is 15.6. The summed E-state index contributed by atoms with van der Waals surface area (Å²) in [5.74, 6) is 0.0582. The van der Waals surface area contributed by atoms with Crippen molar-refractivity contribution in [2.24, 2.45) is 0 Å². The minimum Gasteiger partial charge on any atom is -0.334 e. The monoisotopic (exact) mass is 199 g/mol. The highest BCUT2D eigenvalue weighted by atomic mass is 35.5. The van der Waals surface area contributed by atoms with Gasteiger partial charge in [-0.05, 0) is 0 Å². The van der Waals surface area contributed by atoms with Crippen molar-refractivity contribution in [1.29, 1.82) is 0 Å². The van der Waals surface area contributed by atoms with Gasteiger partial charge in [0.15, 0.2) is 0 Å². The minimum atomic E-state index is -0.00545. The topological polar surface area (TPSA) is 38.1 Å². The van der Waals surface area contributed by atoms with Crippen LogP contribution in [0.2, 0.25) is 0 Å². The Morgan fingerprint density at radius 1 is 1.62 bits per heavy atom. The van der Waals surface area contributed by atoms with E-state index in [0.717, 1.165) is 18.8 Å². The Morgan fingerprint density at radius 2 is 2.46 bits per heavy atom. The number of halogens is 1. The molecule has 0 N–H and O–H groups in total. The van der Waals surface area contributed by atoms with Crippen LogP contribution in [0.25, 0.3) is 0 Å². The second kappa shape index (κ2) is 3.38. The number of nitrogens with zero attached hydrogens (tertiary/aromatic N) is 3. The van der Waals surface area contributed by atoms with E-state index >= 15 is 0 Å². The van der Waals surface area contributed by atoms with Crippen molar-refractivity contribution in [3.63, 3.8) is 0 Å². The zero-order valence-corrected chi connectivity index (χ0v) is 7.87. The van der Waals surface area contributed by atoms with Gasteiger partial charge in [-0.1, -0.05) is 0 Å². The second-order valence-corrected chi connectivity index (χ2v) is 3.29. The maximum atomic E-state index is 11.3. The smallest absolute Gasteiger partial charge is 0.237 e. The van der Waals surface area contributed by atoms with E-state index in [2.05, 4.69) is 9.55 Å². The van der Waals surface area contributed by atoms with Crippen LogP contribution < -0.4 is 0 Å². The van der Waals surface area contributed by atoms with Crippen molar-refractivity contribution in [2.75, 3.05) is 12.4 Å². The highest BCUT2D eigenvalue weighted by molar-refractivity contribution is 6.27. The largest absolute Gasteiger partial charge is 0.334 e. The zero-order chi connectivity index (χ0) is 9.26. The van der Waals surface area contributed by atoms with Crippen molar-refractivity contribution in [3.05, 3.63) is 18.2 Å². The number of rotatable bonds is 1. The Labute approximate surface area is 81.1 Å². The van der Waals surface area contributed by atoms with Gasteiger partial charge in [0.1, 0.15) is 5.88 Å². The highest BCUT2D eigenvalue weighted by Crippen LogP contribution is 2.11. The third kappa shape index (κ3) is 1.54. The molecule has 0 saturated heterocycles. The van der Waals surface area contributed by atoms with Gasteiger partial charge in [-0.2, -0.15) is 0 Å². The van der Waals surface area contributed by atoms with Gasteiger partial charge >= 0.3 is 0 Å². The van der Waals surface area contributed by atoms with Crippen LogP contribution in [0.5, 0.6) is 0 Å². The number of aromatic nitrogens is 2. The third-order valence-corrected chi connectivity index (χ3v) is 2.46. The van der Waals surface area contributed by atoms with Gasteiger partial charge in [-0.25, -0.2) is 4.98 Å². The Kier molecular flexibility index (Phi) is 2.22. The van der Waals surface area contributed by atoms with Gasteiger partial charge in [-0.15, -0.1) is 11.6 Å². The molecule has 1 aromatic rings. The van der Waals surface area contributed by atoms with E-state index in [9.17, 15) is 4.79 Å². The van der Waals surface area contributed by atoms with E-state index in [1.807, 2.05) is 0 Å². The summed E-state index contributed by atoms with van der Waals surface area (Å²) < 4.78 is 2.05. The molecule has 4 nitrogen and oxygen atoms in total. The van der Waals surface area contributed by atoms with E-state index < -0.39 is 0 Å². The number of imidazole rings is 1. The molecule has 0 bridgehead atoms. The molecule has 1 amide bonds. The summed E-state index contributed by atoms with van der Waals surface area (Å²) in [6, 6.07) is 0. The van der Waals surface area contributed by atoms with Crippen LogP contribution in [0.3, 0.4) is 0 Å². The Balaban J connectivity index is 2.13. The fourth-order valence-corrected chi connectivity index (χ4v) is 1.65. The fraction of sp³-hybridized carbons (Fsp3) is 0.500. The predicted molar refractivity (Wildman–Crippen MR) is 48.4 cm³/mol. The maximum Gasteiger partial charge on any atom is 0.237 e. The van der Waals surface area contributed by atoms with Crippen LogP contribution >= 0.6 is 11.6 Å². The molecule has 0 radical (unpaired) electrons. The standard InChI is InChI=1S/C8H10ClN3O/c9-3-8(13)11-1-2-12-6-10-4-7(12)5-11/h4,6H,1-3,5H2. The van der Waals surface area contributed by atoms with Gasteiger partial charge in [0.25, 0.3) is 0 Å². The van der Waals surface area contributed by atoms with E-state index in [0.29, 0.717) is 6.54 Å². The maximum absolute atomic E-state index is 11.3. The molecule has 0 aromatic carbocycles. The molecule has 0 spiro atoms. The molecular formula is C8H10ClN3O. The minimum absolute atomic E-state index is 0.00545. The molecule has 1 aliphatic rings. The van der Waals surface area contributed by atoms with E-state index in [1.54, 1.807) is 17.4 Å². The van der Waals surface area contributed by atoms with Gasteiger partial charge < -0.3 is 9.47 Å². The summed E-state index contributed by atoms with van der Waals surface area (Å²) in [7, 11) is 0. The van der Waals surface area contributed by atoms with Crippen LogP contribution in [-0.2, 0) is 17.9 Å².